The number of aliphatic hydroxyl groups is 1. The number of aliphatic hydroxyl groups excluding tert-OH is 1. The van der Waals surface area contributed by atoms with Crippen molar-refractivity contribution in [2.45, 2.75) is 6.10 Å². The zero-order valence-electron chi connectivity index (χ0n) is 9.91. The summed E-state index contributed by atoms with van der Waals surface area (Å²) < 4.78 is 11.1. The molecule has 1 aromatic carbocycles. The minimum absolute atomic E-state index is 0.0609. The highest BCUT2D eigenvalue weighted by atomic mass is 16.6. The normalized spacial score (nSPS) is 22.5. The van der Waals surface area contributed by atoms with Crippen LogP contribution < -0.4 is 9.47 Å². The maximum absolute atomic E-state index is 12.1. The van der Waals surface area contributed by atoms with E-state index in [1.54, 1.807) is 11.0 Å². The molecule has 3 rings (SSSR count). The quantitative estimate of drug-likeness (QED) is 0.817. The monoisotopic (exact) mass is 249 g/mol. The molecule has 96 valence electrons. The summed E-state index contributed by atoms with van der Waals surface area (Å²) >= 11 is 0. The van der Waals surface area contributed by atoms with Crippen molar-refractivity contribution in [3.05, 3.63) is 24.3 Å². The lowest BCUT2D eigenvalue weighted by atomic mass is 10.0. The van der Waals surface area contributed by atoms with Gasteiger partial charge in [0.25, 0.3) is 5.91 Å². The number of fused-ring (bicyclic) bond motifs is 1. The van der Waals surface area contributed by atoms with E-state index in [-0.39, 0.29) is 25.0 Å². The van der Waals surface area contributed by atoms with Crippen LogP contribution in [0, 0.1) is 5.92 Å². The van der Waals surface area contributed by atoms with Gasteiger partial charge in [-0.2, -0.15) is 0 Å². The van der Waals surface area contributed by atoms with Crippen LogP contribution in [0.4, 0.5) is 0 Å². The number of hydrogen-bond acceptors (Lipinski definition) is 4. The Labute approximate surface area is 105 Å². The highest BCUT2D eigenvalue weighted by Crippen LogP contribution is 2.31. The maximum atomic E-state index is 12.1. The van der Waals surface area contributed by atoms with Gasteiger partial charge in [-0.15, -0.1) is 0 Å². The van der Waals surface area contributed by atoms with Gasteiger partial charge in [-0.05, 0) is 12.1 Å². The Morgan fingerprint density at radius 1 is 1.33 bits per heavy atom. The molecule has 5 nitrogen and oxygen atoms in total. The lowest BCUT2D eigenvalue weighted by Crippen LogP contribution is -2.57. The van der Waals surface area contributed by atoms with E-state index in [2.05, 4.69) is 0 Å². The lowest BCUT2D eigenvalue weighted by Gasteiger charge is -2.40. The molecule has 0 aliphatic carbocycles. The van der Waals surface area contributed by atoms with E-state index in [9.17, 15) is 4.79 Å². The first-order valence-electron chi connectivity index (χ1n) is 6.06. The number of carbonyl (C=O) groups is 1. The number of nitrogens with zero attached hydrogens (tertiary/aromatic N) is 1. The minimum Gasteiger partial charge on any atom is -0.485 e. The summed E-state index contributed by atoms with van der Waals surface area (Å²) in [4.78, 5) is 13.8. The molecule has 1 saturated heterocycles. The third-order valence-electron chi connectivity index (χ3n) is 3.31. The van der Waals surface area contributed by atoms with Crippen LogP contribution in [0.3, 0.4) is 0 Å². The van der Waals surface area contributed by atoms with Gasteiger partial charge < -0.3 is 19.5 Å². The summed E-state index contributed by atoms with van der Waals surface area (Å²) in [7, 11) is 0. The van der Waals surface area contributed by atoms with Gasteiger partial charge in [-0.1, -0.05) is 12.1 Å². The predicted molar refractivity (Wildman–Crippen MR) is 63.5 cm³/mol. The average Bonchev–Trinajstić information content (AvgIpc) is 2.37. The van der Waals surface area contributed by atoms with Crippen molar-refractivity contribution in [3.63, 3.8) is 0 Å². The van der Waals surface area contributed by atoms with E-state index in [0.717, 1.165) is 0 Å². The van der Waals surface area contributed by atoms with Crippen LogP contribution in [0.25, 0.3) is 0 Å². The zero-order valence-corrected chi connectivity index (χ0v) is 9.91. The summed E-state index contributed by atoms with van der Waals surface area (Å²) in [5, 5.41) is 8.93. The number of ether oxygens (including phenoxy) is 2. The Hall–Kier alpha value is -1.75. The molecule has 0 spiro atoms. The molecule has 0 bridgehead atoms. The molecule has 18 heavy (non-hydrogen) atoms. The second-order valence-electron chi connectivity index (χ2n) is 4.66. The van der Waals surface area contributed by atoms with Crippen LogP contribution in [0.2, 0.25) is 0 Å². The number of carbonyl (C=O) groups excluding carboxylic acids is 1. The van der Waals surface area contributed by atoms with E-state index in [4.69, 9.17) is 14.6 Å². The SMILES string of the molecule is O=C([C@H]1COc2ccccc2O1)N1CC(CO)C1. The number of amides is 1. The van der Waals surface area contributed by atoms with Crippen molar-refractivity contribution in [1.29, 1.82) is 0 Å². The van der Waals surface area contributed by atoms with Gasteiger partial charge in [-0.25, -0.2) is 0 Å². The fraction of sp³-hybridized carbons (Fsp3) is 0.462. The Kier molecular flexibility index (Phi) is 2.83. The topological polar surface area (TPSA) is 59.0 Å². The van der Waals surface area contributed by atoms with E-state index < -0.39 is 6.10 Å². The molecule has 1 fully saturated rings. The molecule has 2 aliphatic heterocycles. The van der Waals surface area contributed by atoms with Crippen molar-refractivity contribution in [1.82, 2.24) is 4.90 Å². The third-order valence-corrected chi connectivity index (χ3v) is 3.31. The molecular weight excluding hydrogens is 234 g/mol. The number of para-hydroxylation sites is 2. The maximum Gasteiger partial charge on any atom is 0.267 e. The highest BCUT2D eigenvalue weighted by molar-refractivity contribution is 5.82. The van der Waals surface area contributed by atoms with Gasteiger partial charge in [0.2, 0.25) is 6.10 Å². The summed E-state index contributed by atoms with van der Waals surface area (Å²) in [6, 6.07) is 7.33. The molecule has 1 N–H and O–H groups in total. The van der Waals surface area contributed by atoms with Gasteiger partial charge in [0, 0.05) is 25.6 Å². The molecule has 0 radical (unpaired) electrons. The molecule has 0 aromatic heterocycles. The van der Waals surface area contributed by atoms with E-state index in [0.29, 0.717) is 24.6 Å². The smallest absolute Gasteiger partial charge is 0.267 e. The second kappa shape index (κ2) is 4.49. The molecule has 2 aliphatic rings. The Bertz CT molecular complexity index is 456. The minimum atomic E-state index is -0.570. The number of hydrogen-bond donors (Lipinski definition) is 1. The standard InChI is InChI=1S/C13H15NO4/c15-7-9-5-14(6-9)13(16)12-8-17-10-3-1-2-4-11(10)18-12/h1-4,9,12,15H,5-8H2/t12-/m1/s1. The molecule has 5 heteroatoms. The number of likely N-dealkylation sites (tertiary alicyclic amines) is 1. The van der Waals surface area contributed by atoms with E-state index in [1.165, 1.54) is 0 Å². The summed E-state index contributed by atoms with van der Waals surface area (Å²) in [6.45, 7) is 1.60. The Morgan fingerprint density at radius 3 is 2.78 bits per heavy atom. The van der Waals surface area contributed by atoms with Gasteiger partial charge in [0.1, 0.15) is 6.61 Å². The Morgan fingerprint density at radius 2 is 2.06 bits per heavy atom. The van der Waals surface area contributed by atoms with Crippen LogP contribution in [-0.4, -0.2) is 48.3 Å². The van der Waals surface area contributed by atoms with Crippen LogP contribution in [0.1, 0.15) is 0 Å². The summed E-state index contributed by atoms with van der Waals surface area (Å²) in [5.74, 6) is 1.44. The van der Waals surface area contributed by atoms with E-state index in [1.807, 2.05) is 18.2 Å². The lowest BCUT2D eigenvalue weighted by molar-refractivity contribution is -0.148. The van der Waals surface area contributed by atoms with Gasteiger partial charge in [-0.3, -0.25) is 4.79 Å². The van der Waals surface area contributed by atoms with Gasteiger partial charge in [0.05, 0.1) is 0 Å². The Balaban J connectivity index is 1.64. The fourth-order valence-electron chi connectivity index (χ4n) is 2.21. The van der Waals surface area contributed by atoms with Gasteiger partial charge >= 0.3 is 0 Å². The molecule has 1 atom stereocenters. The molecular formula is C13H15NO4. The van der Waals surface area contributed by atoms with Crippen LogP contribution >= 0.6 is 0 Å². The van der Waals surface area contributed by atoms with Crippen molar-refractivity contribution in [2.75, 3.05) is 26.3 Å². The molecule has 0 unspecified atom stereocenters. The first-order chi connectivity index (χ1) is 8.78. The van der Waals surface area contributed by atoms with Crippen LogP contribution in [0.15, 0.2) is 24.3 Å². The van der Waals surface area contributed by atoms with E-state index >= 15 is 0 Å². The molecule has 0 saturated carbocycles. The predicted octanol–water partition coefficient (Wildman–Crippen LogP) is 0.277. The highest BCUT2D eigenvalue weighted by Gasteiger charge is 2.37. The van der Waals surface area contributed by atoms with Crippen LogP contribution in [0.5, 0.6) is 11.5 Å². The molecule has 1 aromatic rings. The average molecular weight is 249 g/mol. The second-order valence-corrected chi connectivity index (χ2v) is 4.66. The fourth-order valence-corrected chi connectivity index (χ4v) is 2.21. The van der Waals surface area contributed by atoms with Gasteiger partial charge in [0.15, 0.2) is 11.5 Å². The summed E-state index contributed by atoms with van der Waals surface area (Å²) in [6.07, 6.45) is -0.570. The van der Waals surface area contributed by atoms with Crippen LogP contribution in [-0.2, 0) is 4.79 Å². The number of rotatable bonds is 2. The van der Waals surface area contributed by atoms with Crippen molar-refractivity contribution < 1.29 is 19.4 Å². The molecule has 1 amide bonds. The first kappa shape index (κ1) is 11.3. The molecule has 2 heterocycles. The third kappa shape index (κ3) is 1.90. The zero-order chi connectivity index (χ0) is 12.5. The van der Waals surface area contributed by atoms with Crippen molar-refractivity contribution >= 4 is 5.91 Å². The largest absolute Gasteiger partial charge is 0.485 e. The number of benzene rings is 1. The van der Waals surface area contributed by atoms with Crippen molar-refractivity contribution in [2.24, 2.45) is 5.92 Å². The first-order valence-corrected chi connectivity index (χ1v) is 6.06. The van der Waals surface area contributed by atoms with Crippen molar-refractivity contribution in [3.8, 4) is 11.5 Å². The summed E-state index contributed by atoms with van der Waals surface area (Å²) in [5.41, 5.74) is 0.